The van der Waals surface area contributed by atoms with Crippen molar-refractivity contribution in [1.29, 1.82) is 0 Å². The maximum atomic E-state index is 6.54. The highest BCUT2D eigenvalue weighted by Gasteiger charge is 2.20. The first-order valence-corrected chi connectivity index (χ1v) is 21.5. The molecule has 6 nitrogen and oxygen atoms in total. The maximum absolute atomic E-state index is 6.54. The third kappa shape index (κ3) is 8.60. The Morgan fingerprint density at radius 2 is 1.19 bits per heavy atom. The average Bonchev–Trinajstić information content (AvgIpc) is 3.95. The fraction of sp³-hybridized carbons (Fsp3) is 0.0714. The predicted molar refractivity (Wildman–Crippen MR) is 267 cm³/mol. The lowest BCUT2D eigenvalue weighted by Crippen LogP contribution is -2.00. The number of aromatic nitrogens is 5. The van der Waals surface area contributed by atoms with E-state index in [1.807, 2.05) is 115 Å². The molecule has 0 fully saturated rings. The normalized spacial score (nSPS) is 12.0. The Balaban J connectivity index is 1.17. The van der Waals surface area contributed by atoms with Gasteiger partial charge in [0.2, 0.25) is 5.89 Å². The van der Waals surface area contributed by atoms with Crippen molar-refractivity contribution >= 4 is 46.2 Å². The van der Waals surface area contributed by atoms with E-state index in [1.54, 1.807) is 23.5 Å². The van der Waals surface area contributed by atoms with E-state index in [1.165, 1.54) is 20.9 Å². The molecule has 8 rings (SSSR count). The van der Waals surface area contributed by atoms with Gasteiger partial charge in [0.25, 0.3) is 0 Å². The fourth-order valence-corrected chi connectivity index (χ4v) is 8.78. The molecular weight excluding hydrogens is 791 g/mol. The van der Waals surface area contributed by atoms with E-state index in [0.717, 1.165) is 67.1 Å². The Kier molecular flexibility index (Phi) is 12.3. The van der Waals surface area contributed by atoms with Crippen LogP contribution in [0.1, 0.15) is 43.4 Å². The monoisotopic (exact) mass is 837 g/mol. The molecule has 0 radical (unpaired) electrons. The van der Waals surface area contributed by atoms with E-state index in [-0.39, 0.29) is 0 Å². The highest BCUT2D eigenvalue weighted by atomic mass is 32.1. The van der Waals surface area contributed by atoms with Crippen LogP contribution in [0.4, 0.5) is 0 Å². The van der Waals surface area contributed by atoms with Gasteiger partial charge in [-0.2, -0.15) is 0 Å². The standard InChI is InChI=1S/C56H47N5OS/c1-9-12-28-48-37(5)38(6)49(33-30-36(4)46(21-11-3)52-40(8)39(7)51(63-52)29-13-10-2)61(48)45-27-20-26-44(34-45)56-57-47-32-31-43(35-50(47)62-56)55-59-53(41-22-16-14-17-23-41)58-54(60-55)42-24-18-15-19-25-42/h9-35H,1-4H2,5-8H3/b28-12-,29-13-,33-30-,46-21-. The van der Waals surface area contributed by atoms with Crippen molar-refractivity contribution in [1.82, 2.24) is 24.5 Å². The van der Waals surface area contributed by atoms with E-state index < -0.39 is 0 Å². The number of hydrogen-bond donors (Lipinski definition) is 0. The van der Waals surface area contributed by atoms with Gasteiger partial charge in [-0.15, -0.1) is 11.3 Å². The van der Waals surface area contributed by atoms with Crippen molar-refractivity contribution in [2.75, 3.05) is 0 Å². The summed E-state index contributed by atoms with van der Waals surface area (Å²) < 4.78 is 8.80. The van der Waals surface area contributed by atoms with Crippen LogP contribution in [0.15, 0.2) is 182 Å². The predicted octanol–water partition coefficient (Wildman–Crippen LogP) is 15.0. The van der Waals surface area contributed by atoms with Crippen LogP contribution < -0.4 is 0 Å². The third-order valence-corrected chi connectivity index (χ3v) is 12.5. The molecular formula is C56H47N5OS. The van der Waals surface area contributed by atoms with Crippen molar-refractivity contribution in [3.8, 4) is 51.3 Å². The summed E-state index contributed by atoms with van der Waals surface area (Å²) in [5.74, 6) is 2.24. The lowest BCUT2D eigenvalue weighted by Gasteiger charge is -2.13. The number of nitrogens with zero attached hydrogens (tertiary/aromatic N) is 5. The van der Waals surface area contributed by atoms with Crippen LogP contribution in [-0.2, 0) is 0 Å². The molecule has 4 heterocycles. The van der Waals surface area contributed by atoms with Crippen molar-refractivity contribution in [3.05, 3.63) is 221 Å². The molecule has 0 saturated heterocycles. The Bertz CT molecular complexity index is 3110. The van der Waals surface area contributed by atoms with Gasteiger partial charge < -0.3 is 8.98 Å². The summed E-state index contributed by atoms with van der Waals surface area (Å²) in [6.07, 6.45) is 19.9. The van der Waals surface area contributed by atoms with Gasteiger partial charge in [0.1, 0.15) is 5.52 Å². The quantitative estimate of drug-likeness (QED) is 0.102. The number of oxazole rings is 1. The second-order valence-corrected chi connectivity index (χ2v) is 16.1. The van der Waals surface area contributed by atoms with Crippen LogP contribution >= 0.6 is 11.3 Å². The highest BCUT2D eigenvalue weighted by Crippen LogP contribution is 2.38. The number of rotatable bonds is 14. The number of thiophene rings is 1. The molecule has 4 aromatic heterocycles. The molecule has 0 saturated carbocycles. The molecule has 63 heavy (non-hydrogen) atoms. The van der Waals surface area contributed by atoms with Crippen LogP contribution in [0, 0.1) is 27.7 Å². The van der Waals surface area contributed by atoms with E-state index in [0.29, 0.717) is 28.9 Å². The molecule has 0 amide bonds. The third-order valence-electron chi connectivity index (χ3n) is 11.1. The Morgan fingerprint density at radius 3 is 1.83 bits per heavy atom. The average molecular weight is 838 g/mol. The lowest BCUT2D eigenvalue weighted by molar-refractivity contribution is 0.620. The molecule has 0 aliphatic rings. The van der Waals surface area contributed by atoms with Gasteiger partial charge in [-0.1, -0.05) is 136 Å². The highest BCUT2D eigenvalue weighted by molar-refractivity contribution is 7.14. The molecule has 0 aliphatic heterocycles. The maximum Gasteiger partial charge on any atom is 0.227 e. The number of benzene rings is 4. The summed E-state index contributed by atoms with van der Waals surface area (Å²) >= 11 is 1.75. The van der Waals surface area contributed by atoms with Gasteiger partial charge in [0.05, 0.1) is 0 Å². The van der Waals surface area contributed by atoms with Crippen molar-refractivity contribution in [2.45, 2.75) is 27.7 Å². The number of fused-ring (bicyclic) bond motifs is 1. The smallest absolute Gasteiger partial charge is 0.227 e. The minimum absolute atomic E-state index is 0.506. The van der Waals surface area contributed by atoms with Gasteiger partial charge >= 0.3 is 0 Å². The first-order chi connectivity index (χ1) is 30.7. The van der Waals surface area contributed by atoms with Crippen molar-refractivity contribution in [2.24, 2.45) is 0 Å². The Labute approximate surface area is 373 Å². The molecule has 0 atom stereocenters. The summed E-state index contributed by atoms with van der Waals surface area (Å²) in [5.41, 5.74) is 14.6. The van der Waals surface area contributed by atoms with Gasteiger partial charge in [-0.25, -0.2) is 19.9 Å². The van der Waals surface area contributed by atoms with Crippen molar-refractivity contribution < 1.29 is 4.42 Å². The topological polar surface area (TPSA) is 69.6 Å². The second kappa shape index (κ2) is 18.5. The summed E-state index contributed by atoms with van der Waals surface area (Å²) in [4.78, 5) is 22.0. The van der Waals surface area contributed by atoms with E-state index in [4.69, 9.17) is 24.4 Å². The van der Waals surface area contributed by atoms with Crippen LogP contribution in [-0.4, -0.2) is 24.5 Å². The summed E-state index contributed by atoms with van der Waals surface area (Å²) in [5, 5.41) is 0. The van der Waals surface area contributed by atoms with Crippen LogP contribution in [0.3, 0.4) is 0 Å². The minimum atomic E-state index is 0.506. The van der Waals surface area contributed by atoms with Gasteiger partial charge in [0.15, 0.2) is 23.1 Å². The molecule has 8 aromatic rings. The summed E-state index contributed by atoms with van der Waals surface area (Å²) in [6.45, 7) is 25.0. The van der Waals surface area contributed by atoms with Crippen LogP contribution in [0.5, 0.6) is 0 Å². The molecule has 0 N–H and O–H groups in total. The van der Waals surface area contributed by atoms with E-state index >= 15 is 0 Å². The fourth-order valence-electron chi connectivity index (χ4n) is 7.49. The first kappa shape index (κ1) is 42.0. The molecule has 308 valence electrons. The summed E-state index contributed by atoms with van der Waals surface area (Å²) in [7, 11) is 0. The molecule has 0 unspecified atom stereocenters. The molecule has 4 aromatic carbocycles. The zero-order valence-electron chi connectivity index (χ0n) is 36.0. The second-order valence-electron chi connectivity index (χ2n) is 15.1. The summed E-state index contributed by atoms with van der Waals surface area (Å²) in [6, 6.07) is 34.1. The molecule has 7 heteroatoms. The lowest BCUT2D eigenvalue weighted by atomic mass is 9.99. The number of allylic oxidation sites excluding steroid dienone is 9. The number of hydrogen-bond acceptors (Lipinski definition) is 6. The zero-order chi connectivity index (χ0) is 44.0. The van der Waals surface area contributed by atoms with E-state index in [2.05, 4.69) is 95.0 Å². The molecule has 0 bridgehead atoms. The SMILES string of the molecule is C=C/C=C\c1sc(/C(=C\C=C)C(=C)/C=C\c2c(C)c(C)c(/C=C\C=C)n2-c2cccc(-c3nc4ccc(-c5nc(-c6ccccc6)nc(-c6ccccc6)n5)cc4o3)c2)c(C)c1C. The van der Waals surface area contributed by atoms with Crippen LogP contribution in [0.25, 0.3) is 86.2 Å². The molecule has 0 spiro atoms. The van der Waals surface area contributed by atoms with Crippen molar-refractivity contribution in [3.63, 3.8) is 0 Å². The Morgan fingerprint density at radius 1 is 0.587 bits per heavy atom. The zero-order valence-corrected chi connectivity index (χ0v) is 36.8. The van der Waals surface area contributed by atoms with Gasteiger partial charge in [0, 0.05) is 49.1 Å². The first-order valence-electron chi connectivity index (χ1n) is 20.7. The minimum Gasteiger partial charge on any atom is -0.436 e. The molecule has 0 aliphatic carbocycles. The largest absolute Gasteiger partial charge is 0.436 e. The Hall–Kier alpha value is -7.74. The van der Waals surface area contributed by atoms with Gasteiger partial charge in [-0.3, -0.25) is 0 Å². The van der Waals surface area contributed by atoms with Gasteiger partial charge in [-0.05, 0) is 116 Å². The van der Waals surface area contributed by atoms with Crippen LogP contribution in [0.2, 0.25) is 0 Å². The van der Waals surface area contributed by atoms with E-state index in [9.17, 15) is 0 Å².